The summed E-state index contributed by atoms with van der Waals surface area (Å²) in [6.07, 6.45) is 1.09. The van der Waals surface area contributed by atoms with Gasteiger partial charge in [-0.1, -0.05) is 24.3 Å². The summed E-state index contributed by atoms with van der Waals surface area (Å²) in [6.45, 7) is 7.61. The molecule has 1 nitrogen and oxygen atoms in total. The van der Waals surface area contributed by atoms with Crippen LogP contribution in [0.1, 0.15) is 28.5 Å². The molecule has 1 heterocycles. The maximum atomic E-state index is 3.61. The van der Waals surface area contributed by atoms with Crippen LogP contribution in [0.25, 0.3) is 0 Å². The van der Waals surface area contributed by atoms with Gasteiger partial charge in [0.05, 0.1) is 0 Å². The molecule has 0 radical (unpaired) electrons. The molecular formula is C16H21NS. The van der Waals surface area contributed by atoms with Crippen molar-refractivity contribution < 1.29 is 0 Å². The number of hydrogen-bond donors (Lipinski definition) is 1. The van der Waals surface area contributed by atoms with Crippen molar-refractivity contribution in [3.8, 4) is 0 Å². The summed E-state index contributed by atoms with van der Waals surface area (Å²) in [5.41, 5.74) is 4.23. The van der Waals surface area contributed by atoms with Crippen LogP contribution < -0.4 is 5.32 Å². The maximum absolute atomic E-state index is 3.61. The van der Waals surface area contributed by atoms with Gasteiger partial charge in [-0.25, -0.2) is 0 Å². The van der Waals surface area contributed by atoms with Crippen LogP contribution in [0, 0.1) is 13.8 Å². The Hall–Kier alpha value is -1.12. The van der Waals surface area contributed by atoms with Crippen LogP contribution in [0.5, 0.6) is 0 Å². The Labute approximate surface area is 114 Å². The number of thiophene rings is 1. The average Bonchev–Trinajstić information content (AvgIpc) is 2.75. The van der Waals surface area contributed by atoms with Crippen molar-refractivity contribution in [1.82, 2.24) is 5.32 Å². The second kappa shape index (κ2) is 6.17. The molecule has 0 amide bonds. The third-order valence-corrected chi connectivity index (χ3v) is 4.39. The lowest BCUT2D eigenvalue weighted by Crippen LogP contribution is -2.27. The highest BCUT2D eigenvalue weighted by atomic mass is 32.1. The topological polar surface area (TPSA) is 12.0 Å². The lowest BCUT2D eigenvalue weighted by molar-refractivity contribution is 0.547. The SMILES string of the molecule is Cc1ccccc1CC(C)NCc1sccc1C. The summed E-state index contributed by atoms with van der Waals surface area (Å²) in [7, 11) is 0. The van der Waals surface area contributed by atoms with Crippen LogP contribution >= 0.6 is 11.3 Å². The van der Waals surface area contributed by atoms with Gasteiger partial charge in [-0.3, -0.25) is 0 Å². The molecule has 1 aromatic heterocycles. The number of rotatable bonds is 5. The van der Waals surface area contributed by atoms with E-state index in [0.29, 0.717) is 6.04 Å². The van der Waals surface area contributed by atoms with Gasteiger partial charge in [0.1, 0.15) is 0 Å². The van der Waals surface area contributed by atoms with Gasteiger partial charge in [-0.15, -0.1) is 11.3 Å². The highest BCUT2D eigenvalue weighted by Gasteiger charge is 2.06. The summed E-state index contributed by atoms with van der Waals surface area (Å²) in [5, 5.41) is 5.78. The van der Waals surface area contributed by atoms with E-state index in [1.807, 2.05) is 11.3 Å². The minimum Gasteiger partial charge on any atom is -0.309 e. The summed E-state index contributed by atoms with van der Waals surface area (Å²) >= 11 is 1.84. The predicted molar refractivity (Wildman–Crippen MR) is 80.2 cm³/mol. The van der Waals surface area contributed by atoms with Crippen LogP contribution in [-0.2, 0) is 13.0 Å². The lowest BCUT2D eigenvalue weighted by Gasteiger charge is -2.15. The van der Waals surface area contributed by atoms with E-state index in [9.17, 15) is 0 Å². The van der Waals surface area contributed by atoms with Crippen molar-refractivity contribution in [2.24, 2.45) is 0 Å². The Morgan fingerprint density at radius 1 is 1.11 bits per heavy atom. The van der Waals surface area contributed by atoms with Gasteiger partial charge in [0.2, 0.25) is 0 Å². The second-order valence-corrected chi connectivity index (χ2v) is 5.94. The summed E-state index contributed by atoms with van der Waals surface area (Å²) < 4.78 is 0. The number of hydrogen-bond acceptors (Lipinski definition) is 2. The minimum atomic E-state index is 0.507. The molecule has 0 saturated carbocycles. The van der Waals surface area contributed by atoms with Crippen molar-refractivity contribution in [2.75, 3.05) is 0 Å². The fourth-order valence-electron chi connectivity index (χ4n) is 2.09. The Balaban J connectivity index is 1.88. The molecule has 1 atom stereocenters. The van der Waals surface area contributed by atoms with Crippen LogP contribution in [-0.4, -0.2) is 6.04 Å². The molecule has 2 rings (SSSR count). The molecule has 1 unspecified atom stereocenters. The molecular weight excluding hydrogens is 238 g/mol. The third kappa shape index (κ3) is 3.44. The van der Waals surface area contributed by atoms with E-state index in [1.54, 1.807) is 0 Å². The molecule has 0 spiro atoms. The Bertz CT molecular complexity index is 501. The van der Waals surface area contributed by atoms with E-state index < -0.39 is 0 Å². The molecule has 0 saturated heterocycles. The van der Waals surface area contributed by atoms with Crippen LogP contribution in [0.3, 0.4) is 0 Å². The molecule has 1 N–H and O–H groups in total. The van der Waals surface area contributed by atoms with Crippen LogP contribution in [0.4, 0.5) is 0 Å². The monoisotopic (exact) mass is 259 g/mol. The van der Waals surface area contributed by atoms with Gasteiger partial charge >= 0.3 is 0 Å². The standard InChI is InChI=1S/C16H21NS/c1-12-6-4-5-7-15(12)10-14(3)17-11-16-13(2)8-9-18-16/h4-9,14,17H,10-11H2,1-3H3. The van der Waals surface area contributed by atoms with E-state index in [4.69, 9.17) is 0 Å². The van der Waals surface area contributed by atoms with Crippen molar-refractivity contribution in [2.45, 2.75) is 39.8 Å². The van der Waals surface area contributed by atoms with Crippen LogP contribution in [0.15, 0.2) is 35.7 Å². The van der Waals surface area contributed by atoms with Crippen molar-refractivity contribution in [1.29, 1.82) is 0 Å². The van der Waals surface area contributed by atoms with Crippen molar-refractivity contribution in [3.05, 3.63) is 57.3 Å². The van der Waals surface area contributed by atoms with Crippen molar-refractivity contribution in [3.63, 3.8) is 0 Å². The quantitative estimate of drug-likeness (QED) is 0.853. The van der Waals surface area contributed by atoms with Gasteiger partial charge in [0.15, 0.2) is 0 Å². The summed E-state index contributed by atoms with van der Waals surface area (Å²) in [5.74, 6) is 0. The van der Waals surface area contributed by atoms with Crippen molar-refractivity contribution >= 4 is 11.3 Å². The number of benzene rings is 1. The molecule has 96 valence electrons. The first kappa shape index (κ1) is 13.3. The number of nitrogens with one attached hydrogen (secondary N) is 1. The zero-order valence-corrected chi connectivity index (χ0v) is 12.2. The Morgan fingerprint density at radius 2 is 1.89 bits per heavy atom. The number of aryl methyl sites for hydroxylation is 2. The molecule has 0 aliphatic heterocycles. The molecule has 0 aliphatic rings. The second-order valence-electron chi connectivity index (χ2n) is 4.94. The van der Waals surface area contributed by atoms with E-state index in [2.05, 4.69) is 61.8 Å². The zero-order chi connectivity index (χ0) is 13.0. The molecule has 2 aromatic rings. The highest BCUT2D eigenvalue weighted by molar-refractivity contribution is 7.10. The van der Waals surface area contributed by atoms with E-state index in [1.165, 1.54) is 21.6 Å². The third-order valence-electron chi connectivity index (χ3n) is 3.37. The first-order chi connectivity index (χ1) is 8.66. The maximum Gasteiger partial charge on any atom is 0.0304 e. The van der Waals surface area contributed by atoms with Gasteiger partial charge in [0, 0.05) is 17.5 Å². The van der Waals surface area contributed by atoms with E-state index in [-0.39, 0.29) is 0 Å². The smallest absolute Gasteiger partial charge is 0.0304 e. The van der Waals surface area contributed by atoms with Gasteiger partial charge < -0.3 is 5.32 Å². The predicted octanol–water partition coefficient (Wildman–Crippen LogP) is 4.09. The van der Waals surface area contributed by atoms with E-state index >= 15 is 0 Å². The minimum absolute atomic E-state index is 0.507. The summed E-state index contributed by atoms with van der Waals surface area (Å²) in [6, 6.07) is 11.3. The molecule has 0 aliphatic carbocycles. The van der Waals surface area contributed by atoms with Gasteiger partial charge in [0.25, 0.3) is 0 Å². The fraction of sp³-hybridized carbons (Fsp3) is 0.375. The highest BCUT2D eigenvalue weighted by Crippen LogP contribution is 2.16. The zero-order valence-electron chi connectivity index (χ0n) is 11.4. The van der Waals surface area contributed by atoms with E-state index in [0.717, 1.165) is 13.0 Å². The molecule has 0 fully saturated rings. The van der Waals surface area contributed by atoms with Gasteiger partial charge in [-0.05, 0) is 55.3 Å². The molecule has 0 bridgehead atoms. The first-order valence-corrected chi connectivity index (χ1v) is 7.35. The summed E-state index contributed by atoms with van der Waals surface area (Å²) in [4.78, 5) is 1.45. The molecule has 1 aromatic carbocycles. The fourth-order valence-corrected chi connectivity index (χ4v) is 2.95. The molecule has 2 heteroatoms. The Kier molecular flexibility index (Phi) is 4.56. The van der Waals surface area contributed by atoms with Crippen LogP contribution in [0.2, 0.25) is 0 Å². The normalized spacial score (nSPS) is 12.6. The lowest BCUT2D eigenvalue weighted by atomic mass is 10.0. The first-order valence-electron chi connectivity index (χ1n) is 6.47. The Morgan fingerprint density at radius 3 is 2.56 bits per heavy atom. The van der Waals surface area contributed by atoms with Gasteiger partial charge in [-0.2, -0.15) is 0 Å². The largest absolute Gasteiger partial charge is 0.309 e. The molecule has 18 heavy (non-hydrogen) atoms. The average molecular weight is 259 g/mol.